The number of hydrogen-bond acceptors (Lipinski definition) is 7. The molecule has 1 N–H and O–H groups in total. The minimum atomic E-state index is -1.89. The maximum Gasteiger partial charge on any atom is 0.333 e. The second-order valence-corrected chi connectivity index (χ2v) is 13.2. The number of methoxy groups -OCH3 is 1. The number of amides is 3. The van der Waals surface area contributed by atoms with E-state index in [-0.39, 0.29) is 24.5 Å². The van der Waals surface area contributed by atoms with Crippen LogP contribution < -0.4 is 10.1 Å². The second-order valence-electron chi connectivity index (χ2n) is 10.0. The number of carbonyl (C=O) groups is 4. The van der Waals surface area contributed by atoms with E-state index >= 15 is 0 Å². The Balaban J connectivity index is 1.80. The number of esters is 1. The van der Waals surface area contributed by atoms with Crippen LogP contribution in [0.15, 0.2) is 60.7 Å². The zero-order valence-corrected chi connectivity index (χ0v) is 28.2. The highest BCUT2D eigenvalue weighted by atomic mass is 35.6. The smallest absolute Gasteiger partial charge is 0.333 e. The van der Waals surface area contributed by atoms with E-state index in [2.05, 4.69) is 11.9 Å². The number of nitrogens with zero attached hydrogens (tertiary/aromatic N) is 2. The molecule has 15 heteroatoms. The summed E-state index contributed by atoms with van der Waals surface area (Å²) in [6.07, 6.45) is 1.80. The van der Waals surface area contributed by atoms with Gasteiger partial charge in [-0.25, -0.2) is 9.86 Å². The Morgan fingerprint density at radius 3 is 2.40 bits per heavy atom. The molecule has 244 valence electrons. The van der Waals surface area contributed by atoms with E-state index in [4.69, 9.17) is 72.3 Å². The zero-order chi connectivity index (χ0) is 33.3. The lowest BCUT2D eigenvalue weighted by atomic mass is 9.97. The Morgan fingerprint density at radius 2 is 1.84 bits per heavy atom. The third-order valence-corrected chi connectivity index (χ3v) is 7.88. The van der Waals surface area contributed by atoms with Crippen molar-refractivity contribution in [2.45, 2.75) is 53.8 Å². The Hall–Kier alpha value is -2.73. The number of hydrogen-bond donors (Lipinski definition) is 1. The number of likely N-dealkylation sites (tertiary alicyclic amines) is 1. The van der Waals surface area contributed by atoms with Crippen LogP contribution in [0, 0.1) is 0 Å². The molecule has 1 aliphatic heterocycles. The molecule has 0 bridgehead atoms. The summed E-state index contributed by atoms with van der Waals surface area (Å²) in [6, 6.07) is 9.82. The number of carbonyl (C=O) groups excluding carboxylic acids is 4. The van der Waals surface area contributed by atoms with Crippen LogP contribution in [0.4, 0.5) is 0 Å². The van der Waals surface area contributed by atoms with Crippen LogP contribution in [0.2, 0.25) is 0 Å². The first-order chi connectivity index (χ1) is 21.3. The Morgan fingerprint density at radius 1 is 1.16 bits per heavy atom. The van der Waals surface area contributed by atoms with Gasteiger partial charge in [0.1, 0.15) is 30.5 Å². The van der Waals surface area contributed by atoms with Crippen LogP contribution in [0.5, 0.6) is 5.75 Å². The quantitative estimate of drug-likeness (QED) is 0.0479. The number of hydroxylamine groups is 2. The molecule has 1 fully saturated rings. The van der Waals surface area contributed by atoms with Gasteiger partial charge in [0.15, 0.2) is 12.1 Å². The van der Waals surface area contributed by atoms with Gasteiger partial charge in [-0.2, -0.15) is 0 Å². The largest absolute Gasteiger partial charge is 0.497 e. The lowest BCUT2D eigenvalue weighted by molar-refractivity contribution is -0.191. The fourth-order valence-corrected chi connectivity index (χ4v) is 5.22. The van der Waals surface area contributed by atoms with Gasteiger partial charge >= 0.3 is 5.97 Å². The minimum absolute atomic E-state index is 0.0987. The average Bonchev–Trinajstić information content (AvgIpc) is 3.02. The number of β-lactam (4-membered cyclic amide) rings is 1. The average molecular weight is 724 g/mol. The summed E-state index contributed by atoms with van der Waals surface area (Å²) in [7, 11) is 1.53. The van der Waals surface area contributed by atoms with E-state index < -0.39 is 51.8 Å². The van der Waals surface area contributed by atoms with Crippen molar-refractivity contribution in [3.8, 4) is 5.75 Å². The van der Waals surface area contributed by atoms with Gasteiger partial charge < -0.3 is 19.7 Å². The van der Waals surface area contributed by atoms with Crippen molar-refractivity contribution in [1.29, 1.82) is 0 Å². The summed E-state index contributed by atoms with van der Waals surface area (Å²) in [5.74, 6) is -1.85. The molecule has 0 aliphatic carbocycles. The SMILES string of the molecule is C=C(CCl)C(C(=O)OCc1ccc(OC)cc1)N1C(=O)C(NC(=O)C(c2cccc(CCC)c2)N(C=O)OCC(Cl)(Cl)Cl)C1Cl. The number of aryl methyl sites for hydroxylation is 1. The number of alkyl halides is 5. The molecule has 1 saturated heterocycles. The molecule has 0 radical (unpaired) electrons. The number of ether oxygens (including phenoxy) is 2. The van der Waals surface area contributed by atoms with Crippen LogP contribution in [0.3, 0.4) is 0 Å². The number of rotatable bonds is 16. The van der Waals surface area contributed by atoms with Gasteiger partial charge in [0.2, 0.25) is 10.2 Å². The summed E-state index contributed by atoms with van der Waals surface area (Å²) < 4.78 is 8.69. The first-order valence-electron chi connectivity index (χ1n) is 13.7. The van der Waals surface area contributed by atoms with E-state index in [0.29, 0.717) is 28.4 Å². The summed E-state index contributed by atoms with van der Waals surface area (Å²) in [4.78, 5) is 58.7. The molecule has 1 aliphatic rings. The highest BCUT2D eigenvalue weighted by Crippen LogP contribution is 2.33. The number of halogens is 5. The molecule has 2 aromatic rings. The topological polar surface area (TPSA) is 114 Å². The van der Waals surface area contributed by atoms with Crippen molar-refractivity contribution in [3.05, 3.63) is 77.4 Å². The molecule has 3 rings (SSSR count). The van der Waals surface area contributed by atoms with Gasteiger partial charge in [0.05, 0.1) is 7.11 Å². The van der Waals surface area contributed by atoms with E-state index in [1.54, 1.807) is 42.5 Å². The van der Waals surface area contributed by atoms with Gasteiger partial charge in [0.25, 0.3) is 11.8 Å². The number of benzene rings is 2. The molecule has 45 heavy (non-hydrogen) atoms. The Kier molecular flexibility index (Phi) is 13.6. The maximum absolute atomic E-state index is 13.7. The lowest BCUT2D eigenvalue weighted by Crippen LogP contribution is -2.73. The molecule has 0 spiro atoms. The summed E-state index contributed by atoms with van der Waals surface area (Å²) in [5, 5.41) is 3.25. The molecular formula is C30H32Cl5N3O7. The fraction of sp³-hybridized carbons (Fsp3) is 0.400. The maximum atomic E-state index is 13.7. The molecular weight excluding hydrogens is 692 g/mol. The third kappa shape index (κ3) is 9.64. The number of nitrogens with one attached hydrogen (secondary N) is 1. The van der Waals surface area contributed by atoms with E-state index in [1.807, 2.05) is 13.0 Å². The van der Waals surface area contributed by atoms with Gasteiger partial charge in [-0.15, -0.1) is 11.6 Å². The van der Waals surface area contributed by atoms with Crippen LogP contribution in [0.1, 0.15) is 36.1 Å². The Bertz CT molecular complexity index is 1370. The lowest BCUT2D eigenvalue weighted by Gasteiger charge is -2.47. The molecule has 4 atom stereocenters. The van der Waals surface area contributed by atoms with Crippen LogP contribution in [0.25, 0.3) is 0 Å². The third-order valence-electron chi connectivity index (χ3n) is 6.75. The monoisotopic (exact) mass is 721 g/mol. The van der Waals surface area contributed by atoms with Crippen LogP contribution >= 0.6 is 58.0 Å². The molecule has 10 nitrogen and oxygen atoms in total. The van der Waals surface area contributed by atoms with E-state index in [0.717, 1.165) is 16.9 Å². The van der Waals surface area contributed by atoms with Gasteiger partial charge in [-0.3, -0.25) is 19.2 Å². The molecule has 4 unspecified atom stereocenters. The van der Waals surface area contributed by atoms with Crippen molar-refractivity contribution < 1.29 is 33.5 Å². The molecule has 1 heterocycles. The molecule has 3 amide bonds. The molecule has 2 aromatic carbocycles. The summed E-state index contributed by atoms with van der Waals surface area (Å²) >= 11 is 30.0. The highest BCUT2D eigenvalue weighted by Gasteiger charge is 2.54. The molecule has 0 saturated carbocycles. The standard InChI is InChI=1S/C30H32Cl5N3O7/c1-4-6-19-7-5-8-21(13-19)25(37(17-39)45-16-30(33,34)35)27(40)36-23-26(32)38(28(23)41)24(18(2)14-31)29(42)44-15-20-9-11-22(43-3)12-10-20/h5,7-13,17,23-26H,2,4,6,14-16H2,1,3H3,(H,36,40). The van der Waals surface area contributed by atoms with Crippen LogP contribution in [-0.4, -0.2) is 75.1 Å². The van der Waals surface area contributed by atoms with Gasteiger partial charge in [0, 0.05) is 5.88 Å². The first-order valence-corrected chi connectivity index (χ1v) is 15.8. The highest BCUT2D eigenvalue weighted by molar-refractivity contribution is 6.67. The van der Waals surface area contributed by atoms with Gasteiger partial charge in [-0.05, 0) is 40.8 Å². The summed E-state index contributed by atoms with van der Waals surface area (Å²) in [6.45, 7) is 5.16. The summed E-state index contributed by atoms with van der Waals surface area (Å²) in [5.41, 5.74) is 0.918. The zero-order valence-electron chi connectivity index (χ0n) is 24.4. The van der Waals surface area contributed by atoms with Crippen molar-refractivity contribution >= 4 is 82.2 Å². The van der Waals surface area contributed by atoms with Gasteiger partial charge in [-0.1, -0.05) is 103 Å². The van der Waals surface area contributed by atoms with Crippen LogP contribution in [-0.2, 0) is 41.8 Å². The normalized spacial score (nSPS) is 17.5. The Labute approximate surface area is 286 Å². The predicted octanol–water partition coefficient (Wildman–Crippen LogP) is 5.25. The fourth-order valence-electron chi connectivity index (χ4n) is 4.55. The predicted molar refractivity (Wildman–Crippen MR) is 172 cm³/mol. The van der Waals surface area contributed by atoms with Crippen molar-refractivity contribution in [2.24, 2.45) is 0 Å². The van der Waals surface area contributed by atoms with Crippen molar-refractivity contribution in [2.75, 3.05) is 19.6 Å². The first kappa shape index (κ1) is 36.7. The second kappa shape index (κ2) is 16.7. The van der Waals surface area contributed by atoms with E-state index in [9.17, 15) is 19.2 Å². The van der Waals surface area contributed by atoms with E-state index in [1.165, 1.54) is 7.11 Å². The van der Waals surface area contributed by atoms with Crippen molar-refractivity contribution in [1.82, 2.24) is 15.3 Å². The van der Waals surface area contributed by atoms with Crippen molar-refractivity contribution in [3.63, 3.8) is 0 Å². The minimum Gasteiger partial charge on any atom is -0.497 e. The molecule has 0 aromatic heterocycles.